The molecule has 0 spiro atoms. The summed E-state index contributed by atoms with van der Waals surface area (Å²) in [6, 6.07) is 10.2. The van der Waals surface area contributed by atoms with Crippen LogP contribution in [-0.4, -0.2) is 9.91 Å². The number of benzene rings is 1. The predicted octanol–water partition coefficient (Wildman–Crippen LogP) is 3.16. The Balaban J connectivity index is 2.14. The zero-order chi connectivity index (χ0) is 12.1. The molecule has 0 amide bonds. The van der Waals surface area contributed by atoms with Crippen molar-refractivity contribution in [2.24, 2.45) is 0 Å². The molecule has 17 heavy (non-hydrogen) atoms. The fourth-order valence-electron chi connectivity index (χ4n) is 1.37. The molecule has 4 heteroatoms. The van der Waals surface area contributed by atoms with E-state index in [1.165, 1.54) is 12.1 Å². The third-order valence-electron chi connectivity index (χ3n) is 2.26. The quantitative estimate of drug-likeness (QED) is 0.596. The second-order valence-electron chi connectivity index (χ2n) is 3.47. The van der Waals surface area contributed by atoms with Crippen LogP contribution in [0.3, 0.4) is 0 Å². The molecule has 84 valence electrons. The highest BCUT2D eigenvalue weighted by molar-refractivity contribution is 5.69. The van der Waals surface area contributed by atoms with Crippen LogP contribution in [0.2, 0.25) is 0 Å². The van der Waals surface area contributed by atoms with Gasteiger partial charge in [0.2, 0.25) is 0 Å². The normalized spacial score (nSPS) is 10.6. The highest BCUT2D eigenvalue weighted by atomic mass is 16.6. The fourth-order valence-corrected chi connectivity index (χ4v) is 1.37. The average Bonchev–Trinajstić information content (AvgIpc) is 2.38. The Morgan fingerprint density at radius 3 is 2.35 bits per heavy atom. The molecule has 4 nitrogen and oxygen atoms in total. The van der Waals surface area contributed by atoms with Crippen LogP contribution < -0.4 is 0 Å². The van der Waals surface area contributed by atoms with Gasteiger partial charge in [-0.2, -0.15) is 0 Å². The lowest BCUT2D eigenvalue weighted by molar-refractivity contribution is -0.384. The molecule has 1 aromatic heterocycles. The van der Waals surface area contributed by atoms with Gasteiger partial charge in [-0.1, -0.05) is 18.2 Å². The highest BCUT2D eigenvalue weighted by Gasteiger charge is 2.01. The maximum absolute atomic E-state index is 10.5. The van der Waals surface area contributed by atoms with Crippen LogP contribution in [-0.2, 0) is 0 Å². The zero-order valence-corrected chi connectivity index (χ0v) is 8.98. The minimum atomic E-state index is -0.408. The number of non-ortho nitro benzene ring substituents is 1. The van der Waals surface area contributed by atoms with Crippen LogP contribution in [0.15, 0.2) is 48.8 Å². The van der Waals surface area contributed by atoms with Gasteiger partial charge in [-0.25, -0.2) is 0 Å². The third kappa shape index (κ3) is 2.98. The lowest BCUT2D eigenvalue weighted by atomic mass is 10.1. The summed E-state index contributed by atoms with van der Waals surface area (Å²) in [5, 5.41) is 10.5. The molecule has 0 N–H and O–H groups in total. The summed E-state index contributed by atoms with van der Waals surface area (Å²) >= 11 is 0. The first-order chi connectivity index (χ1) is 8.25. The van der Waals surface area contributed by atoms with E-state index >= 15 is 0 Å². The number of hydrogen-bond donors (Lipinski definition) is 0. The number of rotatable bonds is 3. The lowest BCUT2D eigenvalue weighted by Crippen LogP contribution is -1.86. The molecule has 0 aliphatic heterocycles. The molecule has 0 bridgehead atoms. The summed E-state index contributed by atoms with van der Waals surface area (Å²) in [6.45, 7) is 0. The Hall–Kier alpha value is -2.49. The molecule has 2 aromatic rings. The van der Waals surface area contributed by atoms with Gasteiger partial charge in [0.05, 0.1) is 4.92 Å². The van der Waals surface area contributed by atoms with Crippen LogP contribution in [0.1, 0.15) is 11.1 Å². The van der Waals surface area contributed by atoms with Crippen molar-refractivity contribution in [1.29, 1.82) is 0 Å². The van der Waals surface area contributed by atoms with E-state index in [0.717, 1.165) is 11.1 Å². The Morgan fingerprint density at radius 1 is 1.06 bits per heavy atom. The van der Waals surface area contributed by atoms with Crippen LogP contribution in [0.5, 0.6) is 0 Å². The van der Waals surface area contributed by atoms with Gasteiger partial charge in [0.25, 0.3) is 5.69 Å². The van der Waals surface area contributed by atoms with Gasteiger partial charge in [0, 0.05) is 24.5 Å². The molecule has 2 rings (SSSR count). The molecule has 1 aromatic carbocycles. The lowest BCUT2D eigenvalue weighted by Gasteiger charge is -1.94. The van der Waals surface area contributed by atoms with Crippen LogP contribution >= 0.6 is 0 Å². The average molecular weight is 226 g/mol. The van der Waals surface area contributed by atoms with E-state index in [9.17, 15) is 10.1 Å². The second-order valence-corrected chi connectivity index (χ2v) is 3.47. The number of aromatic nitrogens is 1. The molecule has 0 unspecified atom stereocenters. The van der Waals surface area contributed by atoms with E-state index in [0.29, 0.717) is 0 Å². The van der Waals surface area contributed by atoms with Crippen molar-refractivity contribution in [1.82, 2.24) is 4.98 Å². The number of pyridine rings is 1. The molecule has 0 saturated carbocycles. The first-order valence-electron chi connectivity index (χ1n) is 5.08. The molecule has 1 heterocycles. The molecule has 0 fully saturated rings. The van der Waals surface area contributed by atoms with Gasteiger partial charge in [-0.15, -0.1) is 0 Å². The molecular formula is C13H10N2O2. The Morgan fingerprint density at radius 2 is 1.76 bits per heavy atom. The first kappa shape index (κ1) is 11.0. The largest absolute Gasteiger partial charge is 0.269 e. The maximum atomic E-state index is 10.5. The van der Waals surface area contributed by atoms with E-state index in [1.807, 2.05) is 24.3 Å². The topological polar surface area (TPSA) is 56.0 Å². The number of nitrogens with zero attached hydrogens (tertiary/aromatic N) is 2. The Kier molecular flexibility index (Phi) is 3.25. The van der Waals surface area contributed by atoms with Crippen LogP contribution in [0.4, 0.5) is 5.69 Å². The van der Waals surface area contributed by atoms with E-state index < -0.39 is 4.92 Å². The third-order valence-corrected chi connectivity index (χ3v) is 2.26. The van der Waals surface area contributed by atoms with Gasteiger partial charge >= 0.3 is 0 Å². The SMILES string of the molecule is O=[N+]([O-])c1ccc(/C=C/c2cccnc2)cc1. The van der Waals surface area contributed by atoms with Crippen molar-refractivity contribution >= 4 is 17.8 Å². The Bertz CT molecular complexity index is 533. The second kappa shape index (κ2) is 5.03. The smallest absolute Gasteiger partial charge is 0.264 e. The van der Waals surface area contributed by atoms with Gasteiger partial charge in [0.1, 0.15) is 0 Å². The summed E-state index contributed by atoms with van der Waals surface area (Å²) < 4.78 is 0. The fraction of sp³-hybridized carbons (Fsp3) is 0. The minimum Gasteiger partial charge on any atom is -0.264 e. The van der Waals surface area contributed by atoms with E-state index in [1.54, 1.807) is 24.5 Å². The predicted molar refractivity (Wildman–Crippen MR) is 66.3 cm³/mol. The van der Waals surface area contributed by atoms with Crippen molar-refractivity contribution in [3.8, 4) is 0 Å². The van der Waals surface area contributed by atoms with Crippen LogP contribution in [0.25, 0.3) is 12.2 Å². The molecule has 0 aliphatic rings. The molecule has 0 aliphatic carbocycles. The van der Waals surface area contributed by atoms with Gasteiger partial charge < -0.3 is 0 Å². The summed E-state index contributed by atoms with van der Waals surface area (Å²) in [5.74, 6) is 0. The van der Waals surface area contributed by atoms with Crippen molar-refractivity contribution in [3.63, 3.8) is 0 Å². The van der Waals surface area contributed by atoms with Gasteiger partial charge in [-0.3, -0.25) is 15.1 Å². The zero-order valence-electron chi connectivity index (χ0n) is 8.98. The molecular weight excluding hydrogens is 216 g/mol. The van der Waals surface area contributed by atoms with Crippen molar-refractivity contribution in [2.45, 2.75) is 0 Å². The number of nitro groups is 1. The molecule has 0 saturated heterocycles. The summed E-state index contributed by atoms with van der Waals surface area (Å²) in [5.41, 5.74) is 2.01. The summed E-state index contributed by atoms with van der Waals surface area (Å²) in [4.78, 5) is 14.1. The summed E-state index contributed by atoms with van der Waals surface area (Å²) in [7, 11) is 0. The number of nitro benzene ring substituents is 1. The standard InChI is InChI=1S/C13H10N2O2/c16-15(17)13-7-5-11(6-8-13)3-4-12-2-1-9-14-10-12/h1-10H/b4-3+. The minimum absolute atomic E-state index is 0.100. The van der Waals surface area contributed by atoms with Crippen molar-refractivity contribution in [3.05, 3.63) is 70.0 Å². The van der Waals surface area contributed by atoms with Crippen molar-refractivity contribution < 1.29 is 4.92 Å². The monoisotopic (exact) mass is 226 g/mol. The van der Waals surface area contributed by atoms with Gasteiger partial charge in [-0.05, 0) is 29.3 Å². The summed E-state index contributed by atoms with van der Waals surface area (Å²) in [6.07, 6.45) is 7.26. The van der Waals surface area contributed by atoms with E-state index in [4.69, 9.17) is 0 Å². The van der Waals surface area contributed by atoms with Gasteiger partial charge in [0.15, 0.2) is 0 Å². The van der Waals surface area contributed by atoms with Crippen molar-refractivity contribution in [2.75, 3.05) is 0 Å². The Labute approximate surface area is 98.4 Å². The molecule has 0 atom stereocenters. The van der Waals surface area contributed by atoms with E-state index in [-0.39, 0.29) is 5.69 Å². The highest BCUT2D eigenvalue weighted by Crippen LogP contribution is 2.13. The first-order valence-corrected chi connectivity index (χ1v) is 5.08. The molecule has 0 radical (unpaired) electrons. The van der Waals surface area contributed by atoms with Crippen LogP contribution in [0, 0.1) is 10.1 Å². The van der Waals surface area contributed by atoms with E-state index in [2.05, 4.69) is 4.98 Å². The maximum Gasteiger partial charge on any atom is 0.269 e. The number of hydrogen-bond acceptors (Lipinski definition) is 3.